The van der Waals surface area contributed by atoms with Crippen molar-refractivity contribution in [2.45, 2.75) is 12.8 Å². The highest BCUT2D eigenvalue weighted by Gasteiger charge is 2.27. The Morgan fingerprint density at radius 3 is 1.50 bits per heavy atom. The number of amides is 4. The zero-order valence-corrected chi connectivity index (χ0v) is 11.8. The summed E-state index contributed by atoms with van der Waals surface area (Å²) in [6.45, 7) is 11.7. The molecule has 0 aliphatic carbocycles. The molecule has 2 aliphatic rings. The van der Waals surface area contributed by atoms with Crippen LogP contribution >= 0.6 is 0 Å². The molecule has 0 atom stereocenters. The van der Waals surface area contributed by atoms with Crippen LogP contribution in [0.3, 0.4) is 0 Å². The van der Waals surface area contributed by atoms with Crippen LogP contribution in [0.2, 0.25) is 0 Å². The predicted molar refractivity (Wildman–Crippen MR) is 77.0 cm³/mol. The number of unbranched alkanes of at least 4 members (excludes halogenated alkanes) is 1. The van der Waals surface area contributed by atoms with Gasteiger partial charge in [-0.2, -0.15) is 0 Å². The third-order valence-electron chi connectivity index (χ3n) is 3.80. The Morgan fingerprint density at radius 2 is 1.20 bits per heavy atom. The van der Waals surface area contributed by atoms with Gasteiger partial charge in [0.25, 0.3) is 0 Å². The molecule has 2 rings (SSSR count). The first-order chi connectivity index (χ1) is 9.67. The molecule has 2 aliphatic heterocycles. The number of hydrogen-bond acceptors (Lipinski definition) is 2. The van der Waals surface area contributed by atoms with Crippen LogP contribution in [-0.4, -0.2) is 70.9 Å². The molecule has 110 valence electrons. The van der Waals surface area contributed by atoms with Crippen molar-refractivity contribution < 1.29 is 9.59 Å². The maximum absolute atomic E-state index is 11.8. The van der Waals surface area contributed by atoms with Gasteiger partial charge in [-0.15, -0.1) is 0 Å². The smallest absolute Gasteiger partial charge is 0.323 e. The van der Waals surface area contributed by atoms with Crippen LogP contribution in [0.15, 0.2) is 25.6 Å². The lowest BCUT2D eigenvalue weighted by atomic mass is 10.3. The molecule has 0 aromatic rings. The molecule has 0 aromatic heterocycles. The lowest BCUT2D eigenvalue weighted by Gasteiger charge is -2.18. The summed E-state index contributed by atoms with van der Waals surface area (Å²) in [4.78, 5) is 30.6. The van der Waals surface area contributed by atoms with Crippen LogP contribution in [0.5, 0.6) is 0 Å². The van der Waals surface area contributed by atoms with Crippen molar-refractivity contribution in [3.05, 3.63) is 25.6 Å². The van der Waals surface area contributed by atoms with E-state index in [1.54, 1.807) is 22.2 Å². The summed E-state index contributed by atoms with van der Waals surface area (Å²) in [7, 11) is 0. The fourth-order valence-corrected chi connectivity index (χ4v) is 2.56. The van der Waals surface area contributed by atoms with Gasteiger partial charge in [0, 0.05) is 51.7 Å². The monoisotopic (exact) mass is 278 g/mol. The first-order valence-electron chi connectivity index (χ1n) is 7.03. The molecule has 0 N–H and O–H groups in total. The second-order valence-electron chi connectivity index (χ2n) is 5.00. The molecule has 0 radical (unpaired) electrons. The van der Waals surface area contributed by atoms with E-state index < -0.39 is 0 Å². The Bertz CT molecular complexity index is 372. The van der Waals surface area contributed by atoms with Crippen LogP contribution < -0.4 is 0 Å². The van der Waals surface area contributed by atoms with E-state index in [2.05, 4.69) is 13.2 Å². The number of carbonyl (C=O) groups excluding carboxylic acids is 2. The summed E-state index contributed by atoms with van der Waals surface area (Å²) >= 11 is 0. The Hall–Kier alpha value is -1.98. The molecule has 4 amide bonds. The third kappa shape index (κ3) is 2.95. The number of rotatable bonds is 7. The topological polar surface area (TPSA) is 47.1 Å². The minimum absolute atomic E-state index is 0.0371. The van der Waals surface area contributed by atoms with E-state index in [1.165, 1.54) is 0 Å². The summed E-state index contributed by atoms with van der Waals surface area (Å²) in [5.74, 6) is 0. The maximum Gasteiger partial charge on any atom is 0.324 e. The summed E-state index contributed by atoms with van der Waals surface area (Å²) in [6.07, 6.45) is 4.98. The van der Waals surface area contributed by atoms with Crippen molar-refractivity contribution in [2.24, 2.45) is 0 Å². The van der Waals surface area contributed by atoms with Crippen molar-refractivity contribution in [3.63, 3.8) is 0 Å². The highest BCUT2D eigenvalue weighted by atomic mass is 16.2. The quantitative estimate of drug-likeness (QED) is 0.663. The average molecular weight is 278 g/mol. The van der Waals surface area contributed by atoms with E-state index in [4.69, 9.17) is 0 Å². The van der Waals surface area contributed by atoms with Gasteiger partial charge in [-0.25, -0.2) is 9.59 Å². The second kappa shape index (κ2) is 6.45. The van der Waals surface area contributed by atoms with Gasteiger partial charge in [-0.3, -0.25) is 9.80 Å². The Kier molecular flexibility index (Phi) is 4.65. The third-order valence-corrected chi connectivity index (χ3v) is 3.80. The van der Waals surface area contributed by atoms with E-state index in [9.17, 15) is 9.59 Å². The molecule has 0 unspecified atom stereocenters. The second-order valence-corrected chi connectivity index (χ2v) is 5.00. The highest BCUT2D eigenvalue weighted by Crippen LogP contribution is 2.12. The molecule has 2 fully saturated rings. The lowest BCUT2D eigenvalue weighted by molar-refractivity contribution is 0.196. The van der Waals surface area contributed by atoms with Gasteiger partial charge >= 0.3 is 12.1 Å². The SMILES string of the molecule is C=CN1CCN(CCCCN2CCN(C=C)C2=O)C1=O. The molecule has 20 heavy (non-hydrogen) atoms. The normalized spacial score (nSPS) is 19.2. The highest BCUT2D eigenvalue weighted by molar-refractivity contribution is 5.78. The van der Waals surface area contributed by atoms with Crippen LogP contribution in [0.4, 0.5) is 9.59 Å². The summed E-state index contributed by atoms with van der Waals surface area (Å²) in [6, 6.07) is 0.0742. The Balaban J connectivity index is 1.65. The lowest BCUT2D eigenvalue weighted by Crippen LogP contribution is -2.32. The van der Waals surface area contributed by atoms with Gasteiger partial charge in [-0.05, 0) is 12.8 Å². The number of hydrogen-bond donors (Lipinski definition) is 0. The molecule has 0 saturated carbocycles. The summed E-state index contributed by atoms with van der Waals surface area (Å²) in [5, 5.41) is 0. The molecule has 6 nitrogen and oxygen atoms in total. The number of urea groups is 2. The molecular formula is C14H22N4O2. The van der Waals surface area contributed by atoms with Crippen molar-refractivity contribution in [1.29, 1.82) is 0 Å². The molecular weight excluding hydrogens is 256 g/mol. The molecule has 0 spiro atoms. The standard InChI is InChI=1S/C14H22N4O2/c1-3-15-9-11-17(13(15)19)7-5-6-8-18-12-10-16(4-2)14(18)20/h3-4H,1-2,5-12H2. The average Bonchev–Trinajstić information content (AvgIpc) is 2.99. The van der Waals surface area contributed by atoms with Crippen LogP contribution in [-0.2, 0) is 0 Å². The molecule has 2 heterocycles. The van der Waals surface area contributed by atoms with E-state index >= 15 is 0 Å². The van der Waals surface area contributed by atoms with Gasteiger partial charge < -0.3 is 9.80 Å². The van der Waals surface area contributed by atoms with E-state index in [1.807, 2.05) is 9.80 Å². The largest absolute Gasteiger partial charge is 0.324 e. The van der Waals surface area contributed by atoms with Crippen molar-refractivity contribution in [2.75, 3.05) is 39.3 Å². The fourth-order valence-electron chi connectivity index (χ4n) is 2.56. The first-order valence-corrected chi connectivity index (χ1v) is 7.03. The van der Waals surface area contributed by atoms with Crippen molar-refractivity contribution in [3.8, 4) is 0 Å². The van der Waals surface area contributed by atoms with Crippen LogP contribution in [0.25, 0.3) is 0 Å². The van der Waals surface area contributed by atoms with Gasteiger partial charge in [0.2, 0.25) is 0 Å². The fraction of sp³-hybridized carbons (Fsp3) is 0.571. The van der Waals surface area contributed by atoms with Gasteiger partial charge in [0.05, 0.1) is 0 Å². The van der Waals surface area contributed by atoms with E-state index in [0.717, 1.165) is 52.1 Å². The molecule has 0 aromatic carbocycles. The summed E-state index contributed by atoms with van der Waals surface area (Å²) < 4.78 is 0. The van der Waals surface area contributed by atoms with E-state index in [-0.39, 0.29) is 12.1 Å². The zero-order chi connectivity index (χ0) is 14.5. The predicted octanol–water partition coefficient (Wildman–Crippen LogP) is 1.53. The Labute approximate surface area is 119 Å². The van der Waals surface area contributed by atoms with Gasteiger partial charge in [0.15, 0.2) is 0 Å². The maximum atomic E-state index is 11.8. The first kappa shape index (κ1) is 14.4. The van der Waals surface area contributed by atoms with Crippen molar-refractivity contribution in [1.82, 2.24) is 19.6 Å². The molecule has 0 bridgehead atoms. The number of nitrogens with zero attached hydrogens (tertiary/aromatic N) is 4. The van der Waals surface area contributed by atoms with E-state index in [0.29, 0.717) is 0 Å². The van der Waals surface area contributed by atoms with Crippen molar-refractivity contribution >= 4 is 12.1 Å². The van der Waals surface area contributed by atoms with Gasteiger partial charge in [-0.1, -0.05) is 13.2 Å². The molecule has 6 heteroatoms. The zero-order valence-electron chi connectivity index (χ0n) is 11.8. The molecule has 2 saturated heterocycles. The van der Waals surface area contributed by atoms with Crippen LogP contribution in [0.1, 0.15) is 12.8 Å². The summed E-state index contributed by atoms with van der Waals surface area (Å²) in [5.41, 5.74) is 0. The number of carbonyl (C=O) groups is 2. The van der Waals surface area contributed by atoms with Crippen LogP contribution in [0, 0.1) is 0 Å². The minimum atomic E-state index is 0.0371. The van der Waals surface area contributed by atoms with Gasteiger partial charge in [0.1, 0.15) is 0 Å². The Morgan fingerprint density at radius 1 is 0.800 bits per heavy atom. The minimum Gasteiger partial charge on any atom is -0.323 e.